The van der Waals surface area contributed by atoms with Crippen molar-refractivity contribution in [1.29, 1.82) is 0 Å². The number of anilines is 1. The van der Waals surface area contributed by atoms with Crippen LogP contribution in [0.4, 0.5) is 5.82 Å². The molecular formula is C13H22N4O. The lowest BCUT2D eigenvalue weighted by molar-refractivity contribution is 0.395. The molecule has 0 amide bonds. The van der Waals surface area contributed by atoms with Crippen LogP contribution in [-0.4, -0.2) is 36.2 Å². The van der Waals surface area contributed by atoms with Crippen molar-refractivity contribution in [3.8, 4) is 5.88 Å². The van der Waals surface area contributed by atoms with E-state index in [9.17, 15) is 0 Å². The van der Waals surface area contributed by atoms with Gasteiger partial charge in [0.25, 0.3) is 0 Å². The Balaban J connectivity index is 2.16. The van der Waals surface area contributed by atoms with Crippen LogP contribution >= 0.6 is 0 Å². The Morgan fingerprint density at radius 1 is 1.50 bits per heavy atom. The highest BCUT2D eigenvalue weighted by atomic mass is 16.5. The summed E-state index contributed by atoms with van der Waals surface area (Å²) in [6.45, 7) is 3.72. The molecule has 100 valence electrons. The van der Waals surface area contributed by atoms with Crippen molar-refractivity contribution in [3.05, 3.63) is 11.9 Å². The Morgan fingerprint density at radius 3 is 3.06 bits per heavy atom. The highest BCUT2D eigenvalue weighted by Gasteiger charge is 2.25. The number of aryl methyl sites for hydroxylation is 1. The Morgan fingerprint density at radius 2 is 2.33 bits per heavy atom. The van der Waals surface area contributed by atoms with Crippen LogP contribution in [0.2, 0.25) is 0 Å². The number of nitrogens with zero attached hydrogens (tertiary/aromatic N) is 3. The summed E-state index contributed by atoms with van der Waals surface area (Å²) in [6, 6.07) is 2.49. The molecule has 5 heteroatoms. The molecule has 0 radical (unpaired) electrons. The Bertz CT molecular complexity index is 397. The van der Waals surface area contributed by atoms with E-state index in [-0.39, 0.29) is 0 Å². The van der Waals surface area contributed by atoms with Crippen LogP contribution in [0.15, 0.2) is 6.07 Å². The molecule has 2 N–H and O–H groups in total. The number of nitrogens with two attached hydrogens (primary N) is 1. The monoisotopic (exact) mass is 250 g/mol. The van der Waals surface area contributed by atoms with Crippen molar-refractivity contribution >= 4 is 5.82 Å². The van der Waals surface area contributed by atoms with Gasteiger partial charge in [0.05, 0.1) is 7.11 Å². The molecule has 18 heavy (non-hydrogen) atoms. The first-order valence-corrected chi connectivity index (χ1v) is 6.61. The molecule has 5 nitrogen and oxygen atoms in total. The maximum atomic E-state index is 5.60. The normalized spacial score (nSPS) is 19.3. The highest BCUT2D eigenvalue weighted by Crippen LogP contribution is 2.28. The van der Waals surface area contributed by atoms with Gasteiger partial charge in [-0.25, -0.2) is 4.98 Å². The number of ether oxygens (including phenoxy) is 1. The largest absolute Gasteiger partial charge is 0.481 e. The van der Waals surface area contributed by atoms with Gasteiger partial charge in [0.1, 0.15) is 11.6 Å². The number of hydrogen-bond acceptors (Lipinski definition) is 5. The Hall–Kier alpha value is -1.36. The molecule has 1 fully saturated rings. The molecule has 2 rings (SSSR count). The molecule has 1 aromatic heterocycles. The second-order valence-electron chi connectivity index (χ2n) is 4.74. The Labute approximate surface area is 108 Å². The molecule has 2 heterocycles. The molecule has 0 spiro atoms. The average molecular weight is 250 g/mol. The van der Waals surface area contributed by atoms with E-state index in [2.05, 4.69) is 14.9 Å². The van der Waals surface area contributed by atoms with E-state index in [1.807, 2.05) is 13.0 Å². The summed E-state index contributed by atoms with van der Waals surface area (Å²) in [7, 11) is 1.64. The number of methoxy groups -OCH3 is 1. The van der Waals surface area contributed by atoms with E-state index in [4.69, 9.17) is 10.5 Å². The smallest absolute Gasteiger partial charge is 0.218 e. The standard InChI is InChI=1S/C13H22N4O/c1-10-15-12(9-13(16-10)18-2)17-8-4-6-11(17)5-3-7-14/h9,11H,3-8,14H2,1-2H3. The third-order valence-electron chi connectivity index (χ3n) is 3.42. The molecule has 1 saturated heterocycles. The van der Waals surface area contributed by atoms with Gasteiger partial charge in [-0.05, 0) is 39.2 Å². The zero-order chi connectivity index (χ0) is 13.0. The van der Waals surface area contributed by atoms with Crippen molar-refractivity contribution in [3.63, 3.8) is 0 Å². The zero-order valence-electron chi connectivity index (χ0n) is 11.2. The first-order valence-electron chi connectivity index (χ1n) is 6.61. The molecule has 1 aromatic rings. The second kappa shape index (κ2) is 6.00. The van der Waals surface area contributed by atoms with E-state index in [1.54, 1.807) is 7.11 Å². The minimum atomic E-state index is 0.563. The summed E-state index contributed by atoms with van der Waals surface area (Å²) in [6.07, 6.45) is 4.66. The van der Waals surface area contributed by atoms with E-state index in [0.717, 1.165) is 37.6 Å². The number of aromatic nitrogens is 2. The van der Waals surface area contributed by atoms with Crippen LogP contribution in [-0.2, 0) is 0 Å². The highest BCUT2D eigenvalue weighted by molar-refractivity contribution is 5.44. The minimum absolute atomic E-state index is 0.563. The van der Waals surface area contributed by atoms with Gasteiger partial charge in [-0.1, -0.05) is 0 Å². The Kier molecular flexibility index (Phi) is 4.36. The summed E-state index contributed by atoms with van der Waals surface area (Å²) in [5.41, 5.74) is 5.60. The lowest BCUT2D eigenvalue weighted by atomic mass is 10.1. The quantitative estimate of drug-likeness (QED) is 0.858. The molecule has 0 aromatic carbocycles. The molecule has 0 saturated carbocycles. The van der Waals surface area contributed by atoms with Gasteiger partial charge in [-0.15, -0.1) is 0 Å². The van der Waals surface area contributed by atoms with E-state index in [0.29, 0.717) is 11.9 Å². The van der Waals surface area contributed by atoms with Gasteiger partial charge in [-0.3, -0.25) is 0 Å². The number of hydrogen-bond donors (Lipinski definition) is 1. The molecule has 1 unspecified atom stereocenters. The van der Waals surface area contributed by atoms with Crippen LogP contribution in [0.25, 0.3) is 0 Å². The minimum Gasteiger partial charge on any atom is -0.481 e. The van der Waals surface area contributed by atoms with Crippen molar-refractivity contribution < 1.29 is 4.74 Å². The summed E-state index contributed by atoms with van der Waals surface area (Å²) < 4.78 is 5.21. The lowest BCUT2D eigenvalue weighted by Crippen LogP contribution is -2.30. The van der Waals surface area contributed by atoms with Crippen molar-refractivity contribution in [1.82, 2.24) is 9.97 Å². The summed E-state index contributed by atoms with van der Waals surface area (Å²) in [5, 5.41) is 0. The van der Waals surface area contributed by atoms with Crippen molar-refractivity contribution in [2.75, 3.05) is 25.1 Å². The van der Waals surface area contributed by atoms with E-state index >= 15 is 0 Å². The van der Waals surface area contributed by atoms with Crippen LogP contribution in [0.1, 0.15) is 31.5 Å². The van der Waals surface area contributed by atoms with Crippen LogP contribution in [0, 0.1) is 6.92 Å². The molecule has 1 atom stereocenters. The molecule has 1 aliphatic heterocycles. The van der Waals surface area contributed by atoms with Gasteiger partial charge < -0.3 is 15.4 Å². The van der Waals surface area contributed by atoms with Gasteiger partial charge in [0, 0.05) is 18.7 Å². The van der Waals surface area contributed by atoms with Gasteiger partial charge in [-0.2, -0.15) is 4.98 Å². The van der Waals surface area contributed by atoms with Crippen LogP contribution in [0.3, 0.4) is 0 Å². The summed E-state index contributed by atoms with van der Waals surface area (Å²) in [4.78, 5) is 11.1. The predicted molar refractivity (Wildman–Crippen MR) is 72.0 cm³/mol. The van der Waals surface area contributed by atoms with Gasteiger partial charge in [0.15, 0.2) is 0 Å². The first-order chi connectivity index (χ1) is 8.74. The zero-order valence-corrected chi connectivity index (χ0v) is 11.2. The third kappa shape index (κ3) is 2.90. The molecule has 1 aliphatic rings. The van der Waals surface area contributed by atoms with Crippen LogP contribution in [0.5, 0.6) is 5.88 Å². The van der Waals surface area contributed by atoms with E-state index < -0.39 is 0 Å². The maximum Gasteiger partial charge on any atom is 0.218 e. The van der Waals surface area contributed by atoms with Crippen molar-refractivity contribution in [2.45, 2.75) is 38.6 Å². The van der Waals surface area contributed by atoms with Gasteiger partial charge >= 0.3 is 0 Å². The fourth-order valence-corrected chi connectivity index (χ4v) is 2.57. The predicted octanol–water partition coefficient (Wildman–Crippen LogP) is 1.50. The topological polar surface area (TPSA) is 64.3 Å². The number of rotatable bonds is 5. The second-order valence-corrected chi connectivity index (χ2v) is 4.74. The fraction of sp³-hybridized carbons (Fsp3) is 0.692. The molecule has 0 aliphatic carbocycles. The van der Waals surface area contributed by atoms with Crippen LogP contribution < -0.4 is 15.4 Å². The van der Waals surface area contributed by atoms with Crippen molar-refractivity contribution in [2.24, 2.45) is 5.73 Å². The third-order valence-corrected chi connectivity index (χ3v) is 3.42. The maximum absolute atomic E-state index is 5.60. The molecular weight excluding hydrogens is 228 g/mol. The summed E-state index contributed by atoms with van der Waals surface area (Å²) in [5.74, 6) is 2.38. The lowest BCUT2D eigenvalue weighted by Gasteiger charge is -2.26. The molecule has 0 bridgehead atoms. The van der Waals surface area contributed by atoms with Gasteiger partial charge in [0.2, 0.25) is 5.88 Å². The fourth-order valence-electron chi connectivity index (χ4n) is 2.57. The van der Waals surface area contributed by atoms with E-state index in [1.165, 1.54) is 12.8 Å². The summed E-state index contributed by atoms with van der Waals surface area (Å²) >= 11 is 0. The SMILES string of the molecule is COc1cc(N2CCCC2CCCN)nc(C)n1. The average Bonchev–Trinajstić information content (AvgIpc) is 2.83. The first kappa shape index (κ1) is 13.1.